The van der Waals surface area contributed by atoms with Gasteiger partial charge in [-0.05, 0) is 48.2 Å². The van der Waals surface area contributed by atoms with Gasteiger partial charge in [-0.1, -0.05) is 56.0 Å². The predicted octanol–water partition coefficient (Wildman–Crippen LogP) is 5.61. The van der Waals surface area contributed by atoms with Crippen LogP contribution in [0.4, 0.5) is 0 Å². The van der Waals surface area contributed by atoms with Crippen LogP contribution in [0.15, 0.2) is 47.6 Å². The minimum Gasteiger partial charge on any atom is -0.507 e. The molecule has 0 aliphatic heterocycles. The van der Waals surface area contributed by atoms with Crippen molar-refractivity contribution in [2.75, 3.05) is 7.11 Å². The van der Waals surface area contributed by atoms with E-state index in [9.17, 15) is 10.3 Å². The van der Waals surface area contributed by atoms with Gasteiger partial charge in [0.2, 0.25) is 0 Å². The van der Waals surface area contributed by atoms with Gasteiger partial charge in [0.25, 0.3) is 0 Å². The minimum absolute atomic E-state index is 0.138. The Labute approximate surface area is 149 Å². The average Bonchev–Trinajstić information content (AvgIpc) is 2.66. The van der Waals surface area contributed by atoms with E-state index >= 15 is 0 Å². The largest absolute Gasteiger partial charge is 0.507 e. The number of benzene rings is 2. The van der Waals surface area contributed by atoms with Gasteiger partial charge >= 0.3 is 0 Å². The second-order valence-electron chi connectivity index (χ2n) is 6.17. The standard InChI is InChI=1S/C21H27NO3/c1-3-4-5-6-7-8-20(22-24)19-15-17(11-14-21(19)23)16-9-12-18(25-2)13-10-16/h9-15,23-24H,3-8H2,1-2H3/b22-20+. The van der Waals surface area contributed by atoms with Gasteiger partial charge in [0.1, 0.15) is 11.5 Å². The summed E-state index contributed by atoms with van der Waals surface area (Å²) < 4.78 is 5.18. The first-order valence-corrected chi connectivity index (χ1v) is 8.88. The van der Waals surface area contributed by atoms with Crippen molar-refractivity contribution in [2.24, 2.45) is 5.16 Å². The molecule has 0 aromatic heterocycles. The van der Waals surface area contributed by atoms with Crippen molar-refractivity contribution in [1.82, 2.24) is 0 Å². The van der Waals surface area contributed by atoms with Crippen molar-refractivity contribution in [1.29, 1.82) is 0 Å². The molecule has 0 radical (unpaired) electrons. The molecule has 134 valence electrons. The molecule has 0 saturated heterocycles. The van der Waals surface area contributed by atoms with E-state index in [4.69, 9.17) is 4.74 Å². The summed E-state index contributed by atoms with van der Waals surface area (Å²) in [5.41, 5.74) is 3.10. The summed E-state index contributed by atoms with van der Waals surface area (Å²) in [6.07, 6.45) is 6.32. The monoisotopic (exact) mass is 341 g/mol. The van der Waals surface area contributed by atoms with Gasteiger partial charge in [-0.2, -0.15) is 0 Å². The van der Waals surface area contributed by atoms with E-state index in [0.717, 1.165) is 29.7 Å². The highest BCUT2D eigenvalue weighted by Crippen LogP contribution is 2.29. The van der Waals surface area contributed by atoms with Gasteiger partial charge < -0.3 is 15.1 Å². The molecule has 0 heterocycles. The Morgan fingerprint density at radius 2 is 1.64 bits per heavy atom. The molecule has 2 N–H and O–H groups in total. The van der Waals surface area contributed by atoms with Crippen LogP contribution >= 0.6 is 0 Å². The Bertz CT molecular complexity index is 693. The lowest BCUT2D eigenvalue weighted by molar-refractivity contribution is 0.317. The van der Waals surface area contributed by atoms with E-state index < -0.39 is 0 Å². The van der Waals surface area contributed by atoms with Crippen LogP contribution in [0.1, 0.15) is 51.0 Å². The number of rotatable bonds is 9. The van der Waals surface area contributed by atoms with Gasteiger partial charge in [0, 0.05) is 5.56 Å². The predicted molar refractivity (Wildman–Crippen MR) is 102 cm³/mol. The van der Waals surface area contributed by atoms with Crippen molar-refractivity contribution in [3.05, 3.63) is 48.0 Å². The van der Waals surface area contributed by atoms with E-state index in [1.54, 1.807) is 13.2 Å². The Morgan fingerprint density at radius 3 is 2.28 bits per heavy atom. The fourth-order valence-corrected chi connectivity index (χ4v) is 2.86. The zero-order valence-corrected chi connectivity index (χ0v) is 15.0. The number of ether oxygens (including phenoxy) is 1. The molecule has 0 saturated carbocycles. The molecule has 2 aromatic rings. The number of hydrogen-bond acceptors (Lipinski definition) is 4. The van der Waals surface area contributed by atoms with Gasteiger partial charge in [0.15, 0.2) is 0 Å². The second kappa shape index (κ2) is 9.72. The summed E-state index contributed by atoms with van der Waals surface area (Å²) >= 11 is 0. The van der Waals surface area contributed by atoms with Crippen molar-refractivity contribution in [2.45, 2.75) is 45.4 Å². The van der Waals surface area contributed by atoms with Crippen molar-refractivity contribution in [3.63, 3.8) is 0 Å². The van der Waals surface area contributed by atoms with E-state index in [-0.39, 0.29) is 5.75 Å². The quantitative estimate of drug-likeness (QED) is 0.270. The van der Waals surface area contributed by atoms with E-state index in [2.05, 4.69) is 12.1 Å². The molecule has 2 rings (SSSR count). The summed E-state index contributed by atoms with van der Waals surface area (Å²) in [4.78, 5) is 0. The molecule has 0 spiro atoms. The number of phenols is 1. The summed E-state index contributed by atoms with van der Waals surface area (Å²) in [5, 5.41) is 23.0. The SMILES string of the molecule is CCCCCCC/C(=N\O)c1cc(-c2ccc(OC)cc2)ccc1O. The number of methoxy groups -OCH3 is 1. The molecule has 0 atom stereocenters. The first-order valence-electron chi connectivity index (χ1n) is 8.88. The van der Waals surface area contributed by atoms with Gasteiger partial charge in [-0.25, -0.2) is 0 Å². The first-order chi connectivity index (χ1) is 12.2. The summed E-state index contributed by atoms with van der Waals surface area (Å²) in [7, 11) is 1.64. The molecule has 0 aliphatic rings. The van der Waals surface area contributed by atoms with Crippen molar-refractivity contribution >= 4 is 5.71 Å². The Kier molecular flexibility index (Phi) is 7.33. The third-order valence-electron chi connectivity index (χ3n) is 4.37. The lowest BCUT2D eigenvalue weighted by Gasteiger charge is -2.10. The fraction of sp³-hybridized carbons (Fsp3) is 0.381. The maximum Gasteiger partial charge on any atom is 0.124 e. The molecule has 0 fully saturated rings. The average molecular weight is 341 g/mol. The topological polar surface area (TPSA) is 62.1 Å². The van der Waals surface area contributed by atoms with Crippen molar-refractivity contribution < 1.29 is 15.1 Å². The zero-order valence-electron chi connectivity index (χ0n) is 15.0. The molecular formula is C21H27NO3. The third-order valence-corrected chi connectivity index (χ3v) is 4.37. The molecular weight excluding hydrogens is 314 g/mol. The molecule has 0 bridgehead atoms. The molecule has 0 unspecified atom stereocenters. The highest BCUT2D eigenvalue weighted by Gasteiger charge is 2.12. The number of aromatic hydroxyl groups is 1. The van der Waals surface area contributed by atoms with Crippen LogP contribution < -0.4 is 4.74 Å². The molecule has 4 nitrogen and oxygen atoms in total. The molecule has 2 aromatic carbocycles. The number of unbranched alkanes of at least 4 members (excludes halogenated alkanes) is 4. The maximum absolute atomic E-state index is 10.2. The van der Waals surface area contributed by atoms with Crippen LogP contribution in [0.5, 0.6) is 11.5 Å². The Hall–Kier alpha value is -2.49. The summed E-state index contributed by atoms with van der Waals surface area (Å²) in [6, 6.07) is 13.1. The number of oxime groups is 1. The van der Waals surface area contributed by atoms with E-state index in [1.807, 2.05) is 36.4 Å². The summed E-state index contributed by atoms with van der Waals surface area (Å²) in [6.45, 7) is 2.18. The molecule has 0 amide bonds. The van der Waals surface area contributed by atoms with E-state index in [1.165, 1.54) is 19.3 Å². The fourth-order valence-electron chi connectivity index (χ4n) is 2.86. The van der Waals surface area contributed by atoms with Crippen LogP contribution in [0, 0.1) is 0 Å². The third kappa shape index (κ3) is 5.24. The number of hydrogen-bond donors (Lipinski definition) is 2. The molecule has 25 heavy (non-hydrogen) atoms. The minimum atomic E-state index is 0.138. The van der Waals surface area contributed by atoms with Gasteiger partial charge in [-0.3, -0.25) is 0 Å². The number of nitrogens with zero attached hydrogens (tertiary/aromatic N) is 1. The molecule has 0 aliphatic carbocycles. The Morgan fingerprint density at radius 1 is 0.960 bits per heavy atom. The summed E-state index contributed by atoms with van der Waals surface area (Å²) in [5.74, 6) is 0.936. The Balaban J connectivity index is 2.16. The van der Waals surface area contributed by atoms with Crippen LogP contribution in [0.3, 0.4) is 0 Å². The lowest BCUT2D eigenvalue weighted by atomic mass is 9.97. The van der Waals surface area contributed by atoms with Crippen LogP contribution in [0.2, 0.25) is 0 Å². The highest BCUT2D eigenvalue weighted by atomic mass is 16.5. The van der Waals surface area contributed by atoms with Crippen LogP contribution in [0.25, 0.3) is 11.1 Å². The lowest BCUT2D eigenvalue weighted by Crippen LogP contribution is -2.02. The van der Waals surface area contributed by atoms with Gasteiger partial charge in [-0.15, -0.1) is 0 Å². The smallest absolute Gasteiger partial charge is 0.124 e. The van der Waals surface area contributed by atoms with Crippen LogP contribution in [-0.2, 0) is 0 Å². The normalized spacial score (nSPS) is 11.5. The number of phenolic OH excluding ortho intramolecular Hbond substituents is 1. The van der Waals surface area contributed by atoms with Crippen molar-refractivity contribution in [3.8, 4) is 22.6 Å². The van der Waals surface area contributed by atoms with E-state index in [0.29, 0.717) is 17.7 Å². The first kappa shape index (κ1) is 18.8. The highest BCUT2D eigenvalue weighted by molar-refractivity contribution is 6.03. The van der Waals surface area contributed by atoms with Crippen LogP contribution in [-0.4, -0.2) is 23.1 Å². The molecule has 4 heteroatoms. The second-order valence-corrected chi connectivity index (χ2v) is 6.17. The maximum atomic E-state index is 10.2. The van der Waals surface area contributed by atoms with Gasteiger partial charge in [0.05, 0.1) is 12.8 Å². The zero-order chi connectivity index (χ0) is 18.1.